The largest absolute Gasteiger partial charge is 0.497 e. The molecule has 144 valence electrons. The lowest BCUT2D eigenvalue weighted by atomic mass is 9.96. The van der Waals surface area contributed by atoms with Gasteiger partial charge in [0.1, 0.15) is 5.75 Å². The van der Waals surface area contributed by atoms with Crippen LogP contribution in [0, 0.1) is 17.4 Å². The van der Waals surface area contributed by atoms with Crippen LogP contribution in [0.1, 0.15) is 34.7 Å². The molecule has 0 amide bonds. The van der Waals surface area contributed by atoms with E-state index >= 15 is 0 Å². The van der Waals surface area contributed by atoms with Crippen molar-refractivity contribution in [2.45, 2.75) is 25.9 Å². The number of pyridine rings is 1. The molecule has 4 rings (SSSR count). The zero-order valence-electron chi connectivity index (χ0n) is 15.9. The second-order valence-corrected chi connectivity index (χ2v) is 8.26. The second kappa shape index (κ2) is 7.71. The normalized spacial score (nSPS) is 19.0. The van der Waals surface area contributed by atoms with Crippen molar-refractivity contribution >= 4 is 45.6 Å². The molecular formula is C21H21IN4OS. The Morgan fingerprint density at radius 2 is 1.86 bits per heavy atom. The number of thiocarbonyl (C=S) groups is 1. The number of nitrogens with one attached hydrogen (secondary N) is 2. The molecule has 0 spiro atoms. The third-order valence-corrected chi connectivity index (χ3v) is 6.79. The number of benzene rings is 1. The molecule has 7 heteroatoms. The summed E-state index contributed by atoms with van der Waals surface area (Å²) in [7, 11) is 1.67. The van der Waals surface area contributed by atoms with Crippen LogP contribution in [0.15, 0.2) is 48.7 Å². The van der Waals surface area contributed by atoms with Gasteiger partial charge in [-0.2, -0.15) is 0 Å². The summed E-state index contributed by atoms with van der Waals surface area (Å²) in [5, 5.41) is 4.20. The van der Waals surface area contributed by atoms with Gasteiger partial charge in [0.05, 0.1) is 24.9 Å². The number of halogens is 1. The van der Waals surface area contributed by atoms with E-state index in [-0.39, 0.29) is 12.1 Å². The third-order valence-electron chi connectivity index (χ3n) is 5.09. The fraction of sp³-hybridized carbons (Fsp3) is 0.238. The molecule has 1 fully saturated rings. The molecular weight excluding hydrogens is 483 g/mol. The predicted octanol–water partition coefficient (Wildman–Crippen LogP) is 4.82. The van der Waals surface area contributed by atoms with Crippen LogP contribution in [0.2, 0.25) is 0 Å². The molecule has 2 aromatic heterocycles. The lowest BCUT2D eigenvalue weighted by Gasteiger charge is -2.28. The summed E-state index contributed by atoms with van der Waals surface area (Å²) in [6.07, 6.45) is 1.83. The first-order valence-electron chi connectivity index (χ1n) is 9.00. The van der Waals surface area contributed by atoms with Crippen molar-refractivity contribution in [2.75, 3.05) is 12.0 Å². The van der Waals surface area contributed by atoms with Crippen LogP contribution in [0.25, 0.3) is 0 Å². The molecule has 1 aliphatic heterocycles. The molecule has 0 unspecified atom stereocenters. The Bertz CT molecular complexity index is 1000. The van der Waals surface area contributed by atoms with Crippen molar-refractivity contribution in [1.29, 1.82) is 0 Å². The number of rotatable bonds is 4. The Balaban J connectivity index is 1.87. The standard InChI is InChI=1S/C21H21IN4OS/c1-12-17(18(22)13(2)24-12)20-19(16-6-4-5-11-23-16)25-21(28)26(20)14-7-9-15(27-3)10-8-14/h4-11,19-20,24H,1-3H3,(H,25,28)/t19-,20+/m0/s1. The highest BCUT2D eigenvalue weighted by Gasteiger charge is 2.42. The molecule has 3 aromatic rings. The summed E-state index contributed by atoms with van der Waals surface area (Å²) in [6.45, 7) is 4.22. The van der Waals surface area contributed by atoms with Gasteiger partial charge in [0, 0.05) is 32.4 Å². The fourth-order valence-corrected chi connectivity index (χ4v) is 5.00. The van der Waals surface area contributed by atoms with Crippen molar-refractivity contribution < 1.29 is 4.74 Å². The fourth-order valence-electron chi connectivity index (χ4n) is 3.79. The number of aromatic amines is 1. The van der Waals surface area contributed by atoms with E-state index in [2.05, 4.69) is 56.6 Å². The van der Waals surface area contributed by atoms with Crippen molar-refractivity contribution in [3.63, 3.8) is 0 Å². The van der Waals surface area contributed by atoms with E-state index < -0.39 is 0 Å². The van der Waals surface area contributed by atoms with E-state index in [0.717, 1.165) is 22.8 Å². The minimum atomic E-state index is -0.0433. The summed E-state index contributed by atoms with van der Waals surface area (Å²) in [5.41, 5.74) is 5.56. The number of ether oxygens (including phenoxy) is 1. The number of hydrogen-bond donors (Lipinski definition) is 2. The molecule has 1 aromatic carbocycles. The quantitative estimate of drug-likeness (QED) is 0.395. The molecule has 0 aliphatic carbocycles. The molecule has 0 radical (unpaired) electrons. The van der Waals surface area contributed by atoms with Crippen molar-refractivity contribution in [3.8, 4) is 5.75 Å². The summed E-state index contributed by atoms with van der Waals surface area (Å²) in [4.78, 5) is 10.3. The van der Waals surface area contributed by atoms with Gasteiger partial charge in [-0.25, -0.2) is 0 Å². The molecule has 2 atom stereocenters. The van der Waals surface area contributed by atoms with Crippen LogP contribution < -0.4 is 15.0 Å². The van der Waals surface area contributed by atoms with E-state index in [1.807, 2.05) is 48.7 Å². The summed E-state index contributed by atoms with van der Waals surface area (Å²) in [6, 6.07) is 14.0. The maximum atomic E-state index is 5.77. The molecule has 28 heavy (non-hydrogen) atoms. The Morgan fingerprint density at radius 3 is 2.43 bits per heavy atom. The number of H-pyrrole nitrogens is 1. The zero-order chi connectivity index (χ0) is 19.8. The third kappa shape index (κ3) is 3.26. The first-order valence-corrected chi connectivity index (χ1v) is 10.5. The van der Waals surface area contributed by atoms with E-state index in [1.165, 1.54) is 14.8 Å². The van der Waals surface area contributed by atoms with Crippen molar-refractivity contribution in [2.24, 2.45) is 0 Å². The summed E-state index contributed by atoms with van der Waals surface area (Å²) < 4.78 is 6.55. The van der Waals surface area contributed by atoms with Crippen LogP contribution in [0.3, 0.4) is 0 Å². The highest BCUT2D eigenvalue weighted by molar-refractivity contribution is 14.1. The molecule has 2 N–H and O–H groups in total. The van der Waals surface area contributed by atoms with Gasteiger partial charge in [-0.1, -0.05) is 6.07 Å². The van der Waals surface area contributed by atoms with E-state index in [0.29, 0.717) is 5.11 Å². The van der Waals surface area contributed by atoms with Crippen LogP contribution in [0.5, 0.6) is 5.75 Å². The minimum Gasteiger partial charge on any atom is -0.497 e. The average molecular weight is 504 g/mol. The van der Waals surface area contributed by atoms with Gasteiger partial charge in [-0.05, 0) is 85.1 Å². The first kappa shape index (κ1) is 19.2. The van der Waals surface area contributed by atoms with Crippen LogP contribution in [-0.4, -0.2) is 22.2 Å². The Hall–Kier alpha value is -2.13. The molecule has 1 aliphatic rings. The maximum absolute atomic E-state index is 5.77. The lowest BCUT2D eigenvalue weighted by Crippen LogP contribution is -2.29. The van der Waals surface area contributed by atoms with Gasteiger partial charge in [0.2, 0.25) is 0 Å². The van der Waals surface area contributed by atoms with Crippen LogP contribution in [-0.2, 0) is 0 Å². The monoisotopic (exact) mass is 504 g/mol. The Labute approximate surface area is 183 Å². The number of hydrogen-bond acceptors (Lipinski definition) is 3. The highest BCUT2D eigenvalue weighted by Crippen LogP contribution is 2.44. The van der Waals surface area contributed by atoms with Crippen LogP contribution in [0.4, 0.5) is 5.69 Å². The highest BCUT2D eigenvalue weighted by atomic mass is 127. The van der Waals surface area contributed by atoms with E-state index in [1.54, 1.807) is 7.11 Å². The van der Waals surface area contributed by atoms with Gasteiger partial charge in [0.15, 0.2) is 5.11 Å². The second-order valence-electron chi connectivity index (χ2n) is 6.80. The molecule has 0 bridgehead atoms. The number of methoxy groups -OCH3 is 1. The number of nitrogens with zero attached hydrogens (tertiary/aromatic N) is 2. The number of anilines is 1. The van der Waals surface area contributed by atoms with Crippen LogP contribution >= 0.6 is 34.8 Å². The van der Waals surface area contributed by atoms with Gasteiger partial charge in [0.25, 0.3) is 0 Å². The molecule has 5 nitrogen and oxygen atoms in total. The summed E-state index contributed by atoms with van der Waals surface area (Å²) in [5.74, 6) is 0.822. The minimum absolute atomic E-state index is 0.00681. The summed E-state index contributed by atoms with van der Waals surface area (Å²) >= 11 is 8.20. The lowest BCUT2D eigenvalue weighted by molar-refractivity contribution is 0.415. The molecule has 3 heterocycles. The average Bonchev–Trinajstić information content (AvgIpc) is 3.17. The van der Waals surface area contributed by atoms with Gasteiger partial charge < -0.3 is 19.9 Å². The predicted molar refractivity (Wildman–Crippen MR) is 124 cm³/mol. The molecule has 0 saturated carbocycles. The first-order chi connectivity index (χ1) is 13.5. The zero-order valence-corrected chi connectivity index (χ0v) is 18.8. The van der Waals surface area contributed by atoms with E-state index in [9.17, 15) is 0 Å². The molecule has 1 saturated heterocycles. The smallest absolute Gasteiger partial charge is 0.174 e. The number of aryl methyl sites for hydroxylation is 2. The van der Waals surface area contributed by atoms with Crippen molar-refractivity contribution in [3.05, 3.63) is 74.9 Å². The topological polar surface area (TPSA) is 53.2 Å². The number of aromatic nitrogens is 2. The van der Waals surface area contributed by atoms with Gasteiger partial charge in [-0.3, -0.25) is 4.98 Å². The van der Waals surface area contributed by atoms with E-state index in [4.69, 9.17) is 17.0 Å². The Morgan fingerprint density at radius 1 is 1.11 bits per heavy atom. The van der Waals surface area contributed by atoms with Gasteiger partial charge >= 0.3 is 0 Å². The van der Waals surface area contributed by atoms with Crippen molar-refractivity contribution in [1.82, 2.24) is 15.3 Å². The SMILES string of the molecule is COc1ccc(N2C(=S)N[C@@H](c3ccccn3)[C@H]2c2c(C)[nH]c(C)c2I)cc1. The Kier molecular flexibility index (Phi) is 5.29. The van der Waals surface area contributed by atoms with Gasteiger partial charge in [-0.15, -0.1) is 0 Å². The maximum Gasteiger partial charge on any atom is 0.174 e.